The number of methoxy groups -OCH3 is 1. The summed E-state index contributed by atoms with van der Waals surface area (Å²) >= 11 is 0. The predicted molar refractivity (Wildman–Crippen MR) is 510 cm³/mol. The molecule has 0 aliphatic rings. The van der Waals surface area contributed by atoms with Gasteiger partial charge in [0.25, 0.3) is 0 Å². The van der Waals surface area contributed by atoms with Crippen LogP contribution in [0.2, 0.25) is 0 Å². The number of nitrogens with zero attached hydrogens (tertiary/aromatic N) is 10. The fourth-order valence-electron chi connectivity index (χ4n) is 14.9. The summed E-state index contributed by atoms with van der Waals surface area (Å²) in [7, 11) is 1.68. The van der Waals surface area contributed by atoms with E-state index in [1.165, 1.54) is 50.6 Å². The zero-order valence-electron chi connectivity index (χ0n) is 71.5. The van der Waals surface area contributed by atoms with Crippen molar-refractivity contribution in [2.75, 3.05) is 79.1 Å². The van der Waals surface area contributed by atoms with Gasteiger partial charge in [0, 0.05) is 121 Å². The molecule has 0 spiro atoms. The predicted octanol–water partition coefficient (Wildman–Crippen LogP) is 26.8. The fourth-order valence-corrected chi connectivity index (χ4v) is 14.9. The number of anilines is 4. The van der Waals surface area contributed by atoms with E-state index < -0.39 is 0 Å². The monoisotopic (exact) mass is 1590 g/mol. The van der Waals surface area contributed by atoms with Crippen LogP contribution >= 0.6 is 0 Å². The van der Waals surface area contributed by atoms with Crippen LogP contribution in [0.5, 0.6) is 11.5 Å². The Morgan fingerprint density at radius 2 is 0.479 bits per heavy atom. The van der Waals surface area contributed by atoms with E-state index in [9.17, 15) is 5.11 Å². The lowest BCUT2D eigenvalue weighted by Gasteiger charge is -2.21. The van der Waals surface area contributed by atoms with Crippen LogP contribution in [0, 0.1) is 13.8 Å². The SMILES string of the molecule is CCN(CC)c1ccc(-c2cc(-c3ccc(C)cc3)nc(-c3ccc(C)cc3)c2)cc1.CCN(CC)c1ccc(-c2cc(-c3ccccc3)nc(-c3ccc(OC)cc3)c2)cc1.CCN(CC)c1ccc(-c2cc(-c3ccccc3)nc(-c3ccccc3O)c2)cc1.CCN(CC)c1ccc(-c2cc(-c3ccccn3)nc(-c3ccccn3)c2)cc1. The number of hydrogen-bond donors (Lipinski definition) is 1. The van der Waals surface area contributed by atoms with Crippen molar-refractivity contribution in [1.82, 2.24) is 29.9 Å². The van der Waals surface area contributed by atoms with Crippen LogP contribution in [0.1, 0.15) is 66.5 Å². The molecule has 6 aromatic heterocycles. The summed E-state index contributed by atoms with van der Waals surface area (Å²) in [5.41, 5.74) is 31.9. The van der Waals surface area contributed by atoms with Crippen LogP contribution in [0.4, 0.5) is 22.7 Å². The molecule has 0 saturated carbocycles. The maximum atomic E-state index is 10.4. The second-order valence-corrected chi connectivity index (χ2v) is 29.5. The van der Waals surface area contributed by atoms with Crippen molar-refractivity contribution in [2.24, 2.45) is 0 Å². The highest BCUT2D eigenvalue weighted by Gasteiger charge is 2.18. The Bertz CT molecular complexity index is 5780. The van der Waals surface area contributed by atoms with Gasteiger partial charge in [-0.05, 0) is 271 Å². The topological polar surface area (TPSA) is 120 Å². The van der Waals surface area contributed by atoms with Crippen molar-refractivity contribution < 1.29 is 9.84 Å². The molecule has 12 nitrogen and oxygen atoms in total. The lowest BCUT2D eigenvalue weighted by atomic mass is 9.99. The number of aryl methyl sites for hydroxylation is 2. The van der Waals surface area contributed by atoms with Crippen molar-refractivity contribution >= 4 is 22.7 Å². The molecule has 0 atom stereocenters. The van der Waals surface area contributed by atoms with Crippen LogP contribution in [0.25, 0.3) is 135 Å². The Balaban J connectivity index is 0.000000139. The lowest BCUT2D eigenvalue weighted by Crippen LogP contribution is -2.21. The number of pyridine rings is 6. The minimum absolute atomic E-state index is 0.234. The third-order valence-corrected chi connectivity index (χ3v) is 21.9. The zero-order valence-corrected chi connectivity index (χ0v) is 71.5. The van der Waals surface area contributed by atoms with E-state index in [0.29, 0.717) is 0 Å². The third-order valence-electron chi connectivity index (χ3n) is 21.9. The van der Waals surface area contributed by atoms with E-state index >= 15 is 0 Å². The number of phenols is 1. The maximum Gasteiger partial charge on any atom is 0.124 e. The number of aromatic nitrogens is 6. The van der Waals surface area contributed by atoms with Crippen molar-refractivity contribution in [1.29, 1.82) is 0 Å². The maximum absolute atomic E-state index is 10.4. The first kappa shape index (κ1) is 84.8. The van der Waals surface area contributed by atoms with Crippen LogP contribution < -0.4 is 24.3 Å². The Hall–Kier alpha value is -14.1. The van der Waals surface area contributed by atoms with Gasteiger partial charge in [-0.25, -0.2) is 19.9 Å². The highest BCUT2D eigenvalue weighted by atomic mass is 16.5. The van der Waals surface area contributed by atoms with Crippen molar-refractivity contribution in [3.05, 3.63) is 363 Å². The number of benzene rings is 10. The summed E-state index contributed by atoms with van der Waals surface area (Å²) < 4.78 is 5.32. The highest BCUT2D eigenvalue weighted by molar-refractivity contribution is 5.83. The van der Waals surface area contributed by atoms with Gasteiger partial charge in [-0.1, -0.05) is 193 Å². The standard InChI is InChI=1S/C29H30N2.C28H28N2O.C27H26N2O.C25H24N4/c1-5-31(6-2)27-17-15-23(16-18-27)26-19-28(24-11-7-21(3)8-12-24)30-29(20-26)25-13-9-22(4)10-14-25;1-4-30(5-2)25-15-11-21(12-16-25)24-19-27(22-9-7-6-8-10-22)29-28(20-24)23-13-17-26(31-3)18-14-23;1-3-29(4-2)23-16-14-20(15-17-23)22-18-25(21-10-6-5-7-11-21)28-26(19-22)24-12-8-9-13-27(24)30;1-3-29(4-2)21-13-11-19(12-14-21)20-17-24(22-9-5-7-15-26-22)28-25(18-20)23-10-6-8-16-27-23/h7-20H,5-6H2,1-4H3;6-20H,4-5H2,1-3H3;5-19,30H,3-4H2,1-2H3;5-18H,3-4H2,1-2H3. The minimum atomic E-state index is 0.234. The summed E-state index contributed by atoms with van der Waals surface area (Å²) in [6.07, 6.45) is 3.59. The highest BCUT2D eigenvalue weighted by Crippen LogP contribution is 2.39. The first-order valence-electron chi connectivity index (χ1n) is 42.3. The molecule has 6 heterocycles. The molecule has 0 bridgehead atoms. The molecule has 16 aromatic rings. The largest absolute Gasteiger partial charge is 0.507 e. The molecule has 16 rings (SSSR count). The quantitative estimate of drug-likeness (QED) is 0.0587. The van der Waals surface area contributed by atoms with E-state index in [4.69, 9.17) is 24.7 Å². The van der Waals surface area contributed by atoms with Crippen LogP contribution in [-0.2, 0) is 0 Å². The zero-order chi connectivity index (χ0) is 84.4. The number of ether oxygens (including phenoxy) is 1. The molecular weight excluding hydrogens is 1480 g/mol. The Morgan fingerprint density at radius 1 is 0.231 bits per heavy atom. The van der Waals surface area contributed by atoms with E-state index in [1.807, 2.05) is 97.1 Å². The summed E-state index contributed by atoms with van der Waals surface area (Å²) in [5, 5.41) is 10.4. The van der Waals surface area contributed by atoms with Gasteiger partial charge in [-0.2, -0.15) is 0 Å². The number of aromatic hydroxyl groups is 1. The number of rotatable bonds is 25. The number of phenolic OH excluding ortho intramolecular Hbond substituents is 1. The van der Waals surface area contributed by atoms with Crippen molar-refractivity contribution in [2.45, 2.75) is 69.2 Å². The Labute approximate surface area is 716 Å². The molecule has 121 heavy (non-hydrogen) atoms. The molecule has 0 saturated heterocycles. The summed E-state index contributed by atoms with van der Waals surface area (Å²) in [4.78, 5) is 38.1. The second-order valence-electron chi connectivity index (χ2n) is 29.5. The molecule has 0 amide bonds. The molecule has 606 valence electrons. The molecule has 10 aromatic carbocycles. The van der Waals surface area contributed by atoms with E-state index in [-0.39, 0.29) is 5.75 Å². The molecule has 0 aliphatic carbocycles. The average molecular weight is 1590 g/mol. The summed E-state index contributed by atoms with van der Waals surface area (Å²) in [5.74, 6) is 1.08. The van der Waals surface area contributed by atoms with Gasteiger partial charge in [0.1, 0.15) is 11.5 Å². The Morgan fingerprint density at radius 3 is 0.769 bits per heavy atom. The van der Waals surface area contributed by atoms with Gasteiger partial charge in [-0.3, -0.25) is 9.97 Å². The van der Waals surface area contributed by atoms with Gasteiger partial charge in [-0.15, -0.1) is 0 Å². The van der Waals surface area contributed by atoms with E-state index in [0.717, 1.165) is 176 Å². The molecule has 0 aliphatic heterocycles. The number of hydrogen-bond acceptors (Lipinski definition) is 12. The first-order chi connectivity index (χ1) is 59.2. The molecule has 12 heteroatoms. The first-order valence-corrected chi connectivity index (χ1v) is 42.3. The second kappa shape index (κ2) is 41.8. The number of para-hydroxylation sites is 1. The van der Waals surface area contributed by atoms with Gasteiger partial charge >= 0.3 is 0 Å². The van der Waals surface area contributed by atoms with Gasteiger partial charge < -0.3 is 29.4 Å². The summed E-state index contributed by atoms with van der Waals surface area (Å²) in [6.45, 7) is 29.7. The minimum Gasteiger partial charge on any atom is -0.507 e. The van der Waals surface area contributed by atoms with E-state index in [1.54, 1.807) is 25.6 Å². The Kier molecular flexibility index (Phi) is 29.3. The van der Waals surface area contributed by atoms with Gasteiger partial charge in [0.15, 0.2) is 0 Å². The van der Waals surface area contributed by atoms with E-state index in [2.05, 4.69) is 335 Å². The van der Waals surface area contributed by atoms with Gasteiger partial charge in [0.2, 0.25) is 0 Å². The van der Waals surface area contributed by atoms with Crippen LogP contribution in [0.3, 0.4) is 0 Å². The normalized spacial score (nSPS) is 10.7. The van der Waals surface area contributed by atoms with Gasteiger partial charge in [0.05, 0.1) is 64.0 Å². The van der Waals surface area contributed by atoms with Crippen LogP contribution in [-0.4, -0.2) is 94.5 Å². The smallest absolute Gasteiger partial charge is 0.124 e. The molecule has 0 unspecified atom stereocenters. The van der Waals surface area contributed by atoms with Crippen molar-refractivity contribution in [3.8, 4) is 146 Å². The fraction of sp³-hybridized carbons (Fsp3) is 0.174. The molecule has 0 radical (unpaired) electrons. The van der Waals surface area contributed by atoms with Crippen molar-refractivity contribution in [3.63, 3.8) is 0 Å². The third kappa shape index (κ3) is 21.8. The molecule has 0 fully saturated rings. The molecular formula is C109H108N10O2. The molecule has 1 N–H and O–H groups in total. The average Bonchev–Trinajstić information content (AvgIpc) is 0.817. The lowest BCUT2D eigenvalue weighted by molar-refractivity contribution is 0.415. The summed E-state index contributed by atoms with van der Waals surface area (Å²) in [6, 6.07) is 117. The van der Waals surface area contributed by atoms with Crippen LogP contribution in [0.15, 0.2) is 352 Å².